The van der Waals surface area contributed by atoms with Crippen LogP contribution in [0, 0.1) is 0 Å². The number of thiophene rings is 1. The molecule has 0 bridgehead atoms. The summed E-state index contributed by atoms with van der Waals surface area (Å²) in [6.07, 6.45) is 0. The van der Waals surface area contributed by atoms with Gasteiger partial charge >= 0.3 is 0 Å². The summed E-state index contributed by atoms with van der Waals surface area (Å²) < 4.78 is 0.584. The summed E-state index contributed by atoms with van der Waals surface area (Å²) in [7, 11) is 0. The summed E-state index contributed by atoms with van der Waals surface area (Å²) in [6.45, 7) is 0.212. The van der Waals surface area contributed by atoms with E-state index in [1.165, 1.54) is 11.3 Å². The third-order valence-electron chi connectivity index (χ3n) is 1.22. The zero-order chi connectivity index (χ0) is 9.84. The van der Waals surface area contributed by atoms with Gasteiger partial charge in [0.05, 0.1) is 20.7 Å². The Morgan fingerprint density at radius 1 is 1.69 bits per heavy atom. The Morgan fingerprint density at radius 2 is 2.38 bits per heavy atom. The van der Waals surface area contributed by atoms with E-state index in [9.17, 15) is 4.79 Å². The predicted octanol–water partition coefficient (Wildman–Crippen LogP) is 1.42. The van der Waals surface area contributed by atoms with Gasteiger partial charge in [-0.25, -0.2) is 0 Å². The van der Waals surface area contributed by atoms with E-state index in [0.29, 0.717) is 9.21 Å². The molecule has 3 nitrogen and oxygen atoms in total. The van der Waals surface area contributed by atoms with Crippen molar-refractivity contribution in [2.45, 2.75) is 0 Å². The van der Waals surface area contributed by atoms with Crippen molar-refractivity contribution in [3.8, 4) is 0 Å². The lowest BCUT2D eigenvalue weighted by molar-refractivity contribution is 0.0963. The van der Waals surface area contributed by atoms with Gasteiger partial charge in [-0.3, -0.25) is 4.79 Å². The van der Waals surface area contributed by atoms with Crippen LogP contribution in [0.5, 0.6) is 0 Å². The van der Waals surface area contributed by atoms with E-state index < -0.39 is 0 Å². The van der Waals surface area contributed by atoms with E-state index in [2.05, 4.69) is 17.5 Å². The smallest absolute Gasteiger partial charge is 0.261 e. The zero-order valence-electron chi connectivity index (χ0n) is 6.54. The van der Waals surface area contributed by atoms with Crippen LogP contribution in [0.3, 0.4) is 0 Å². The molecule has 0 fully saturated rings. The maximum atomic E-state index is 11.3. The van der Waals surface area contributed by atoms with Crippen LogP contribution in [0.1, 0.15) is 9.67 Å². The van der Waals surface area contributed by atoms with Crippen LogP contribution in [-0.2, 0) is 0 Å². The lowest BCUT2D eigenvalue weighted by Crippen LogP contribution is -2.31. The Bertz CT molecular complexity index is 337. The van der Waals surface area contributed by atoms with Gasteiger partial charge in [0, 0.05) is 0 Å². The Kier molecular flexibility index (Phi) is 3.65. The Hall–Kier alpha value is -0.650. The van der Waals surface area contributed by atoms with Gasteiger partial charge in [0.25, 0.3) is 5.91 Å². The molecule has 0 aromatic carbocycles. The Labute approximate surface area is 89.9 Å². The Morgan fingerprint density at radius 3 is 2.85 bits per heavy atom. The van der Waals surface area contributed by atoms with Gasteiger partial charge in [-0.2, -0.15) is 0 Å². The fraction of sp³-hybridized carbons (Fsp3) is 0.143. The number of thiocarbonyl (C=S) groups is 1. The third kappa shape index (κ3) is 3.30. The van der Waals surface area contributed by atoms with Crippen molar-refractivity contribution in [1.29, 1.82) is 0 Å². The lowest BCUT2D eigenvalue weighted by Gasteiger charge is -2.00. The number of halogens is 1. The van der Waals surface area contributed by atoms with Crippen LogP contribution < -0.4 is 11.1 Å². The molecule has 0 spiro atoms. The third-order valence-corrected chi connectivity index (χ3v) is 2.59. The molecule has 0 saturated heterocycles. The quantitative estimate of drug-likeness (QED) is 0.778. The van der Waals surface area contributed by atoms with Gasteiger partial charge < -0.3 is 11.1 Å². The molecule has 1 amide bonds. The van der Waals surface area contributed by atoms with Gasteiger partial charge in [0.2, 0.25) is 0 Å². The van der Waals surface area contributed by atoms with Gasteiger partial charge in [-0.1, -0.05) is 23.8 Å². The molecule has 1 heterocycles. The number of nitrogens with two attached hydrogens (primary N) is 1. The first-order valence-corrected chi connectivity index (χ1v) is 5.01. The van der Waals surface area contributed by atoms with Gasteiger partial charge in [0.15, 0.2) is 0 Å². The number of hydrogen-bond donors (Lipinski definition) is 2. The van der Waals surface area contributed by atoms with Crippen molar-refractivity contribution in [3.05, 3.63) is 21.3 Å². The van der Waals surface area contributed by atoms with Crippen LogP contribution in [0.4, 0.5) is 0 Å². The van der Waals surface area contributed by atoms with Gasteiger partial charge in [-0.15, -0.1) is 11.3 Å². The van der Waals surface area contributed by atoms with Crippen LogP contribution in [-0.4, -0.2) is 17.4 Å². The topological polar surface area (TPSA) is 55.1 Å². The van der Waals surface area contributed by atoms with E-state index in [4.69, 9.17) is 17.3 Å². The van der Waals surface area contributed by atoms with Crippen molar-refractivity contribution in [2.24, 2.45) is 5.73 Å². The van der Waals surface area contributed by atoms with E-state index >= 15 is 0 Å². The maximum Gasteiger partial charge on any atom is 0.261 e. The van der Waals surface area contributed by atoms with Crippen molar-refractivity contribution in [1.82, 2.24) is 5.32 Å². The minimum absolute atomic E-state index is 0.204. The second kappa shape index (κ2) is 4.55. The highest BCUT2D eigenvalue weighted by atomic mass is 35.5. The summed E-state index contributed by atoms with van der Waals surface area (Å²) in [4.78, 5) is 12.1. The average molecular weight is 235 g/mol. The monoisotopic (exact) mass is 234 g/mol. The molecule has 0 aliphatic heterocycles. The molecular weight excluding hydrogens is 228 g/mol. The number of rotatable bonds is 3. The van der Waals surface area contributed by atoms with Gasteiger partial charge in [-0.05, 0) is 12.1 Å². The highest BCUT2D eigenvalue weighted by Crippen LogP contribution is 2.20. The van der Waals surface area contributed by atoms with Gasteiger partial charge in [0.1, 0.15) is 0 Å². The van der Waals surface area contributed by atoms with Crippen LogP contribution in [0.2, 0.25) is 4.34 Å². The normalized spacial score (nSPS) is 9.62. The first kappa shape index (κ1) is 10.4. The average Bonchev–Trinajstić information content (AvgIpc) is 2.47. The van der Waals surface area contributed by atoms with Crippen molar-refractivity contribution in [3.63, 3.8) is 0 Å². The standard InChI is InChI=1S/C7H7ClN2OS2/c8-5-2-1-4(13-5)7(11)10-3-6(9)12/h1-2H,3H2,(H2,9,12)(H,10,11). The SMILES string of the molecule is NC(=S)CNC(=O)c1ccc(Cl)s1. The first-order chi connectivity index (χ1) is 6.09. The summed E-state index contributed by atoms with van der Waals surface area (Å²) in [5.74, 6) is -0.204. The number of carbonyl (C=O) groups is 1. The second-order valence-electron chi connectivity index (χ2n) is 2.25. The molecule has 1 rings (SSSR count). The molecule has 6 heteroatoms. The van der Waals surface area contributed by atoms with E-state index in [-0.39, 0.29) is 17.4 Å². The minimum atomic E-state index is -0.204. The molecule has 0 unspecified atom stereocenters. The molecule has 0 aliphatic rings. The van der Waals surface area contributed by atoms with Crippen LogP contribution in [0.25, 0.3) is 0 Å². The highest BCUT2D eigenvalue weighted by molar-refractivity contribution is 7.80. The summed E-state index contributed by atoms with van der Waals surface area (Å²) >= 11 is 11.5. The summed E-state index contributed by atoms with van der Waals surface area (Å²) in [6, 6.07) is 3.32. The van der Waals surface area contributed by atoms with Crippen molar-refractivity contribution < 1.29 is 4.79 Å². The fourth-order valence-corrected chi connectivity index (χ4v) is 1.72. The molecule has 1 aromatic rings. The molecule has 0 aliphatic carbocycles. The van der Waals surface area contributed by atoms with E-state index in [1.807, 2.05) is 0 Å². The molecule has 0 radical (unpaired) electrons. The number of nitrogens with one attached hydrogen (secondary N) is 1. The number of carbonyl (C=O) groups excluding carboxylic acids is 1. The molecule has 13 heavy (non-hydrogen) atoms. The minimum Gasteiger partial charge on any atom is -0.392 e. The van der Waals surface area contributed by atoms with Crippen molar-refractivity contribution >= 4 is 46.1 Å². The fourth-order valence-electron chi connectivity index (χ4n) is 0.691. The Balaban J connectivity index is 2.54. The summed E-state index contributed by atoms with van der Waals surface area (Å²) in [5, 5.41) is 2.56. The molecule has 3 N–H and O–H groups in total. The molecule has 70 valence electrons. The van der Waals surface area contributed by atoms with Crippen LogP contribution in [0.15, 0.2) is 12.1 Å². The maximum absolute atomic E-state index is 11.3. The predicted molar refractivity (Wildman–Crippen MR) is 58.4 cm³/mol. The largest absolute Gasteiger partial charge is 0.392 e. The molecule has 0 atom stereocenters. The van der Waals surface area contributed by atoms with E-state index in [0.717, 1.165) is 0 Å². The van der Waals surface area contributed by atoms with Crippen molar-refractivity contribution in [2.75, 3.05) is 6.54 Å². The highest BCUT2D eigenvalue weighted by Gasteiger charge is 2.07. The number of amides is 1. The van der Waals surface area contributed by atoms with Crippen LogP contribution >= 0.6 is 35.2 Å². The van der Waals surface area contributed by atoms with E-state index in [1.54, 1.807) is 12.1 Å². The summed E-state index contributed by atoms with van der Waals surface area (Å²) in [5.41, 5.74) is 5.22. The first-order valence-electron chi connectivity index (χ1n) is 3.41. The molecular formula is C7H7ClN2OS2. The number of hydrogen-bond acceptors (Lipinski definition) is 3. The lowest BCUT2D eigenvalue weighted by atomic mass is 10.4. The second-order valence-corrected chi connectivity index (χ2v) is 4.49. The molecule has 0 saturated carbocycles. The zero-order valence-corrected chi connectivity index (χ0v) is 8.93. The molecule has 1 aromatic heterocycles.